The van der Waals surface area contributed by atoms with Crippen molar-refractivity contribution in [1.29, 1.82) is 0 Å². The highest BCUT2D eigenvalue weighted by Gasteiger charge is 2.35. The van der Waals surface area contributed by atoms with Gasteiger partial charge in [0.15, 0.2) is 0 Å². The first-order valence-electron chi connectivity index (χ1n) is 7.78. The van der Waals surface area contributed by atoms with E-state index in [-0.39, 0.29) is 12.1 Å². The van der Waals surface area contributed by atoms with Crippen LogP contribution in [0.1, 0.15) is 58.9 Å². The number of rotatable bonds is 3. The van der Waals surface area contributed by atoms with Gasteiger partial charge in [-0.3, -0.25) is 4.79 Å². The van der Waals surface area contributed by atoms with Crippen molar-refractivity contribution in [2.24, 2.45) is 5.41 Å². The van der Waals surface area contributed by atoms with E-state index in [9.17, 15) is 4.79 Å². The number of hydrogen-bond acceptors (Lipinski definition) is 3. The van der Waals surface area contributed by atoms with Crippen molar-refractivity contribution >= 4 is 11.7 Å². The molecule has 0 heterocycles. The Morgan fingerprint density at radius 2 is 1.71 bits per heavy atom. The van der Waals surface area contributed by atoms with Crippen LogP contribution in [-0.2, 0) is 14.9 Å². The second kappa shape index (κ2) is 5.70. The molecule has 1 aromatic rings. The number of ether oxygens (including phenoxy) is 1. The minimum atomic E-state index is -0.638. The molecule has 0 unspecified atom stereocenters. The van der Waals surface area contributed by atoms with E-state index >= 15 is 0 Å². The standard InChI is InChI=1S/C18H27NO2/c1-17(2)11-9-15(10-12-17)21-16(20)18(3,4)13-5-7-14(19)8-6-13/h5-8,15H,9-12,19H2,1-4H3. The van der Waals surface area contributed by atoms with Crippen LogP contribution in [0, 0.1) is 5.41 Å². The molecule has 0 aliphatic heterocycles. The zero-order valence-corrected chi connectivity index (χ0v) is 13.6. The molecule has 0 saturated heterocycles. The van der Waals surface area contributed by atoms with E-state index in [1.165, 1.54) is 0 Å². The minimum absolute atomic E-state index is 0.0681. The van der Waals surface area contributed by atoms with Gasteiger partial charge in [-0.15, -0.1) is 0 Å². The summed E-state index contributed by atoms with van der Waals surface area (Å²) in [6.45, 7) is 8.38. The molecule has 0 radical (unpaired) electrons. The average Bonchev–Trinajstić information content (AvgIpc) is 2.41. The Morgan fingerprint density at radius 3 is 2.24 bits per heavy atom. The third-order valence-corrected chi connectivity index (χ3v) is 4.70. The highest BCUT2D eigenvalue weighted by Crippen LogP contribution is 2.37. The molecule has 1 saturated carbocycles. The monoisotopic (exact) mass is 289 g/mol. The fraction of sp³-hybridized carbons (Fsp3) is 0.611. The second-order valence-electron chi connectivity index (χ2n) is 7.52. The van der Waals surface area contributed by atoms with E-state index in [1.807, 2.05) is 38.1 Å². The first-order chi connectivity index (χ1) is 9.71. The predicted octanol–water partition coefficient (Wildman–Crippen LogP) is 4.06. The number of carbonyl (C=O) groups excluding carboxylic acids is 1. The van der Waals surface area contributed by atoms with Crippen molar-refractivity contribution in [1.82, 2.24) is 0 Å². The van der Waals surface area contributed by atoms with Crippen LogP contribution in [0.25, 0.3) is 0 Å². The van der Waals surface area contributed by atoms with Crippen LogP contribution in [0.3, 0.4) is 0 Å². The lowest BCUT2D eigenvalue weighted by atomic mass is 9.76. The van der Waals surface area contributed by atoms with Crippen LogP contribution < -0.4 is 5.73 Å². The SMILES string of the molecule is CC1(C)CCC(OC(=O)C(C)(C)c2ccc(N)cc2)CC1. The number of esters is 1. The van der Waals surface area contributed by atoms with Crippen molar-refractivity contribution in [3.63, 3.8) is 0 Å². The van der Waals surface area contributed by atoms with E-state index in [0.717, 1.165) is 31.2 Å². The second-order valence-corrected chi connectivity index (χ2v) is 7.52. The molecule has 2 N–H and O–H groups in total. The van der Waals surface area contributed by atoms with Crippen LogP contribution in [0.2, 0.25) is 0 Å². The fourth-order valence-corrected chi connectivity index (χ4v) is 2.81. The summed E-state index contributed by atoms with van der Waals surface area (Å²) in [5.41, 5.74) is 7.10. The summed E-state index contributed by atoms with van der Waals surface area (Å²) < 4.78 is 5.76. The van der Waals surface area contributed by atoms with Gasteiger partial charge in [-0.1, -0.05) is 26.0 Å². The Kier molecular flexibility index (Phi) is 4.31. The van der Waals surface area contributed by atoms with Gasteiger partial charge < -0.3 is 10.5 Å². The molecular weight excluding hydrogens is 262 g/mol. The maximum Gasteiger partial charge on any atom is 0.316 e. The minimum Gasteiger partial charge on any atom is -0.462 e. The molecule has 0 atom stereocenters. The molecule has 1 fully saturated rings. The fourth-order valence-electron chi connectivity index (χ4n) is 2.81. The van der Waals surface area contributed by atoms with Gasteiger partial charge in [-0.05, 0) is 62.6 Å². The van der Waals surface area contributed by atoms with E-state index in [1.54, 1.807) is 0 Å². The molecular formula is C18H27NO2. The lowest BCUT2D eigenvalue weighted by molar-refractivity contribution is -0.157. The highest BCUT2D eigenvalue weighted by atomic mass is 16.5. The Labute approximate surface area is 127 Å². The topological polar surface area (TPSA) is 52.3 Å². The summed E-state index contributed by atoms with van der Waals surface area (Å²) in [6, 6.07) is 7.46. The van der Waals surface area contributed by atoms with Crippen LogP contribution in [0.15, 0.2) is 24.3 Å². The molecule has 116 valence electrons. The molecule has 3 heteroatoms. The quantitative estimate of drug-likeness (QED) is 0.674. The highest BCUT2D eigenvalue weighted by molar-refractivity contribution is 5.82. The van der Waals surface area contributed by atoms with E-state index in [0.29, 0.717) is 11.1 Å². The average molecular weight is 289 g/mol. The maximum absolute atomic E-state index is 12.5. The van der Waals surface area contributed by atoms with Gasteiger partial charge in [0, 0.05) is 5.69 Å². The molecule has 0 aromatic heterocycles. The van der Waals surface area contributed by atoms with E-state index in [4.69, 9.17) is 10.5 Å². The van der Waals surface area contributed by atoms with E-state index < -0.39 is 5.41 Å². The summed E-state index contributed by atoms with van der Waals surface area (Å²) >= 11 is 0. The molecule has 21 heavy (non-hydrogen) atoms. The molecule has 2 rings (SSSR count). The maximum atomic E-state index is 12.5. The van der Waals surface area contributed by atoms with Gasteiger partial charge in [-0.2, -0.15) is 0 Å². The Balaban J connectivity index is 2.00. The van der Waals surface area contributed by atoms with Crippen molar-refractivity contribution in [3.8, 4) is 0 Å². The summed E-state index contributed by atoms with van der Waals surface area (Å²) in [6.07, 6.45) is 4.24. The normalized spacial score (nSPS) is 19.2. The van der Waals surface area contributed by atoms with E-state index in [2.05, 4.69) is 13.8 Å². The zero-order valence-electron chi connectivity index (χ0n) is 13.6. The molecule has 0 spiro atoms. The Hall–Kier alpha value is -1.51. The number of nitrogens with two attached hydrogens (primary N) is 1. The predicted molar refractivity (Wildman–Crippen MR) is 86.0 cm³/mol. The van der Waals surface area contributed by atoms with Gasteiger partial charge in [0.25, 0.3) is 0 Å². The van der Waals surface area contributed by atoms with Crippen molar-refractivity contribution in [2.45, 2.75) is 64.9 Å². The third-order valence-electron chi connectivity index (χ3n) is 4.70. The van der Waals surface area contributed by atoms with Gasteiger partial charge in [0.2, 0.25) is 0 Å². The molecule has 3 nitrogen and oxygen atoms in total. The third kappa shape index (κ3) is 3.78. The number of benzene rings is 1. The lowest BCUT2D eigenvalue weighted by Crippen LogP contribution is -2.36. The van der Waals surface area contributed by atoms with Crippen LogP contribution >= 0.6 is 0 Å². The summed E-state index contributed by atoms with van der Waals surface area (Å²) in [4.78, 5) is 12.5. The van der Waals surface area contributed by atoms with Crippen LogP contribution in [-0.4, -0.2) is 12.1 Å². The van der Waals surface area contributed by atoms with Gasteiger partial charge in [0.05, 0.1) is 5.41 Å². The van der Waals surface area contributed by atoms with Crippen LogP contribution in [0.5, 0.6) is 0 Å². The summed E-state index contributed by atoms with van der Waals surface area (Å²) in [5.74, 6) is -0.142. The summed E-state index contributed by atoms with van der Waals surface area (Å²) in [7, 11) is 0. The van der Waals surface area contributed by atoms with Gasteiger partial charge in [-0.25, -0.2) is 0 Å². The number of anilines is 1. The first kappa shape index (κ1) is 15.9. The summed E-state index contributed by atoms with van der Waals surface area (Å²) in [5, 5.41) is 0. The van der Waals surface area contributed by atoms with Gasteiger partial charge >= 0.3 is 5.97 Å². The Bertz CT molecular complexity index is 492. The lowest BCUT2D eigenvalue weighted by Gasteiger charge is -2.35. The first-order valence-corrected chi connectivity index (χ1v) is 7.78. The molecule has 1 aromatic carbocycles. The van der Waals surface area contributed by atoms with Crippen LogP contribution in [0.4, 0.5) is 5.69 Å². The molecule has 1 aliphatic carbocycles. The smallest absolute Gasteiger partial charge is 0.316 e. The largest absolute Gasteiger partial charge is 0.462 e. The molecule has 0 bridgehead atoms. The zero-order chi connectivity index (χ0) is 15.7. The molecule has 0 amide bonds. The number of carbonyl (C=O) groups is 1. The van der Waals surface area contributed by atoms with Crippen molar-refractivity contribution < 1.29 is 9.53 Å². The Morgan fingerprint density at radius 1 is 1.19 bits per heavy atom. The molecule has 1 aliphatic rings. The number of hydrogen-bond donors (Lipinski definition) is 1. The van der Waals surface area contributed by atoms with Gasteiger partial charge in [0.1, 0.15) is 6.10 Å². The van der Waals surface area contributed by atoms with Crippen molar-refractivity contribution in [2.75, 3.05) is 5.73 Å². The number of nitrogen functional groups attached to an aromatic ring is 1. The van der Waals surface area contributed by atoms with Crippen molar-refractivity contribution in [3.05, 3.63) is 29.8 Å².